The molecule has 0 aliphatic heterocycles. The van der Waals surface area contributed by atoms with Crippen LogP contribution in [0.1, 0.15) is 89.3 Å². The Hall–Kier alpha value is -2.86. The molecule has 0 fully saturated rings. The normalized spacial score (nSPS) is 13.1. The molecule has 0 amide bonds. The SMILES string of the molecule is CCCCCCCCC[N+](C)(C)Cc1cc(O)c2c(c1)C(=O)c1cc(OC)cc(O)c1C2=O. The highest BCUT2D eigenvalue weighted by Crippen LogP contribution is 2.39. The lowest BCUT2D eigenvalue weighted by molar-refractivity contribution is -0.903. The molecule has 2 aromatic rings. The van der Waals surface area contributed by atoms with Gasteiger partial charge < -0.3 is 19.4 Å². The van der Waals surface area contributed by atoms with Gasteiger partial charge in [-0.3, -0.25) is 9.59 Å². The highest BCUT2D eigenvalue weighted by atomic mass is 16.5. The van der Waals surface area contributed by atoms with Crippen LogP contribution in [0.5, 0.6) is 17.2 Å². The second-order valence-electron chi connectivity index (χ2n) is 9.70. The third kappa shape index (κ3) is 5.56. The lowest BCUT2D eigenvalue weighted by Gasteiger charge is -2.30. The molecule has 178 valence electrons. The number of quaternary nitrogens is 1. The molecule has 0 saturated heterocycles. The number of methoxy groups -OCH3 is 1. The van der Waals surface area contributed by atoms with Gasteiger partial charge >= 0.3 is 0 Å². The van der Waals surface area contributed by atoms with Gasteiger partial charge in [-0.25, -0.2) is 0 Å². The minimum Gasteiger partial charge on any atom is -0.507 e. The summed E-state index contributed by atoms with van der Waals surface area (Å²) in [6.07, 6.45) is 8.75. The fraction of sp³-hybridized carbons (Fsp3) is 0.481. The van der Waals surface area contributed by atoms with Gasteiger partial charge in [-0.05, 0) is 31.0 Å². The predicted octanol–water partition coefficient (Wildman–Crippen LogP) is 5.21. The molecule has 6 heteroatoms. The molecule has 2 N–H and O–H groups in total. The van der Waals surface area contributed by atoms with Crippen LogP contribution in [0.25, 0.3) is 0 Å². The molecule has 0 saturated carbocycles. The summed E-state index contributed by atoms with van der Waals surface area (Å²) in [4.78, 5) is 26.3. The smallest absolute Gasteiger partial charge is 0.201 e. The zero-order valence-corrected chi connectivity index (χ0v) is 20.2. The number of benzene rings is 2. The van der Waals surface area contributed by atoms with Crippen molar-refractivity contribution in [2.24, 2.45) is 0 Å². The van der Waals surface area contributed by atoms with Crippen LogP contribution in [0.15, 0.2) is 24.3 Å². The van der Waals surface area contributed by atoms with E-state index in [9.17, 15) is 19.8 Å². The molecule has 0 heterocycles. The van der Waals surface area contributed by atoms with E-state index in [0.29, 0.717) is 12.3 Å². The van der Waals surface area contributed by atoms with Crippen LogP contribution in [-0.2, 0) is 6.54 Å². The van der Waals surface area contributed by atoms with Crippen LogP contribution in [-0.4, -0.2) is 54.0 Å². The largest absolute Gasteiger partial charge is 0.507 e. The van der Waals surface area contributed by atoms with E-state index in [1.165, 1.54) is 57.8 Å². The molecule has 0 spiro atoms. The maximum atomic E-state index is 13.2. The Kier molecular flexibility index (Phi) is 7.80. The topological polar surface area (TPSA) is 83.8 Å². The number of unbranched alkanes of at least 4 members (excludes halogenated alkanes) is 6. The van der Waals surface area contributed by atoms with Crippen molar-refractivity contribution < 1.29 is 29.0 Å². The third-order valence-corrected chi connectivity index (χ3v) is 6.43. The summed E-state index contributed by atoms with van der Waals surface area (Å²) in [7, 11) is 5.71. The van der Waals surface area contributed by atoms with Crippen molar-refractivity contribution in [3.05, 3.63) is 52.1 Å². The number of ether oxygens (including phenoxy) is 1. The molecular weight excluding hydrogens is 418 g/mol. The summed E-state index contributed by atoms with van der Waals surface area (Å²) >= 11 is 0. The molecule has 0 bridgehead atoms. The molecule has 0 radical (unpaired) electrons. The fourth-order valence-corrected chi connectivity index (χ4v) is 4.67. The van der Waals surface area contributed by atoms with Crippen molar-refractivity contribution >= 4 is 11.6 Å². The quantitative estimate of drug-likeness (QED) is 0.307. The zero-order chi connectivity index (χ0) is 24.2. The Balaban J connectivity index is 1.77. The first-order valence-corrected chi connectivity index (χ1v) is 11.9. The van der Waals surface area contributed by atoms with Gasteiger partial charge in [0.15, 0.2) is 5.78 Å². The first kappa shape index (κ1) is 24.8. The van der Waals surface area contributed by atoms with Gasteiger partial charge in [0, 0.05) is 22.8 Å². The van der Waals surface area contributed by atoms with E-state index in [-0.39, 0.29) is 33.8 Å². The zero-order valence-electron chi connectivity index (χ0n) is 20.2. The number of aromatic hydroxyl groups is 2. The van der Waals surface area contributed by atoms with E-state index in [2.05, 4.69) is 21.0 Å². The molecule has 1 aliphatic rings. The maximum Gasteiger partial charge on any atom is 0.201 e. The summed E-state index contributed by atoms with van der Waals surface area (Å²) in [5, 5.41) is 21.0. The van der Waals surface area contributed by atoms with Gasteiger partial charge in [0.1, 0.15) is 23.8 Å². The number of phenolic OH excluding ortho intramolecular Hbond substituents is 2. The molecule has 1 aliphatic carbocycles. The van der Waals surface area contributed by atoms with Crippen molar-refractivity contribution in [3.63, 3.8) is 0 Å². The Labute approximate surface area is 196 Å². The Morgan fingerprint density at radius 1 is 0.788 bits per heavy atom. The molecule has 3 rings (SSSR count). The monoisotopic (exact) mass is 454 g/mol. The highest BCUT2D eigenvalue weighted by molar-refractivity contribution is 6.30. The molecule has 6 nitrogen and oxygen atoms in total. The van der Waals surface area contributed by atoms with Crippen LogP contribution >= 0.6 is 0 Å². The summed E-state index contributed by atoms with van der Waals surface area (Å²) < 4.78 is 5.87. The lowest BCUT2D eigenvalue weighted by atomic mass is 9.82. The second kappa shape index (κ2) is 10.4. The minimum atomic E-state index is -0.555. The lowest BCUT2D eigenvalue weighted by Crippen LogP contribution is -2.39. The molecule has 2 aromatic carbocycles. The number of nitrogens with zero attached hydrogens (tertiary/aromatic N) is 1. The van der Waals surface area contributed by atoms with Gasteiger partial charge in [0.05, 0.1) is 38.9 Å². The van der Waals surface area contributed by atoms with Gasteiger partial charge in [-0.2, -0.15) is 0 Å². The number of carbonyl (C=O) groups is 2. The fourth-order valence-electron chi connectivity index (χ4n) is 4.67. The van der Waals surface area contributed by atoms with E-state index >= 15 is 0 Å². The first-order valence-electron chi connectivity index (χ1n) is 11.9. The number of ketones is 2. The molecular formula is C27H36NO5+. The standard InChI is InChI=1S/C27H35NO5/c1-5-6-7-8-9-10-11-12-28(2,3)17-18-13-20-24(22(29)14-18)27(32)25-21(26(20)31)15-19(33-4)16-23(25)30/h13-16H,5-12,17H2,1-4H3,(H-,29,30,32)/p+1. The molecule has 0 unspecified atom stereocenters. The van der Waals surface area contributed by atoms with Crippen LogP contribution in [0.4, 0.5) is 0 Å². The maximum absolute atomic E-state index is 13.2. The van der Waals surface area contributed by atoms with Crippen LogP contribution in [0.3, 0.4) is 0 Å². The number of phenols is 2. The van der Waals surface area contributed by atoms with Crippen molar-refractivity contribution in [2.75, 3.05) is 27.7 Å². The number of hydrogen-bond acceptors (Lipinski definition) is 5. The highest BCUT2D eigenvalue weighted by Gasteiger charge is 2.35. The summed E-state index contributed by atoms with van der Waals surface area (Å²) in [6, 6.07) is 6.03. The molecule has 0 atom stereocenters. The Morgan fingerprint density at radius 3 is 2.00 bits per heavy atom. The van der Waals surface area contributed by atoms with E-state index in [4.69, 9.17) is 4.74 Å². The van der Waals surface area contributed by atoms with Crippen LogP contribution in [0.2, 0.25) is 0 Å². The molecule has 0 aromatic heterocycles. The number of carbonyl (C=O) groups excluding carboxylic acids is 2. The average molecular weight is 455 g/mol. The third-order valence-electron chi connectivity index (χ3n) is 6.43. The Bertz CT molecular complexity index is 1040. The van der Waals surface area contributed by atoms with Crippen LogP contribution < -0.4 is 4.74 Å². The van der Waals surface area contributed by atoms with Gasteiger partial charge in [-0.15, -0.1) is 0 Å². The minimum absolute atomic E-state index is 0.0471. The average Bonchev–Trinajstić information content (AvgIpc) is 2.75. The van der Waals surface area contributed by atoms with E-state index in [1.807, 2.05) is 0 Å². The summed E-state index contributed by atoms with van der Waals surface area (Å²) in [5.74, 6) is -1.21. The van der Waals surface area contributed by atoms with Gasteiger partial charge in [0.25, 0.3) is 0 Å². The van der Waals surface area contributed by atoms with E-state index in [0.717, 1.165) is 23.0 Å². The Morgan fingerprint density at radius 2 is 1.36 bits per heavy atom. The van der Waals surface area contributed by atoms with Crippen molar-refractivity contribution in [1.82, 2.24) is 0 Å². The van der Waals surface area contributed by atoms with Crippen molar-refractivity contribution in [2.45, 2.75) is 58.4 Å². The number of fused-ring (bicyclic) bond motifs is 2. The summed E-state index contributed by atoms with van der Waals surface area (Å²) in [6.45, 7) is 3.85. The summed E-state index contributed by atoms with van der Waals surface area (Å²) in [5.41, 5.74) is 0.931. The van der Waals surface area contributed by atoms with Crippen molar-refractivity contribution in [1.29, 1.82) is 0 Å². The van der Waals surface area contributed by atoms with Crippen molar-refractivity contribution in [3.8, 4) is 17.2 Å². The van der Waals surface area contributed by atoms with E-state index < -0.39 is 11.6 Å². The first-order chi connectivity index (χ1) is 15.7. The number of hydrogen-bond donors (Lipinski definition) is 2. The van der Waals surface area contributed by atoms with Crippen LogP contribution in [0, 0.1) is 0 Å². The second-order valence-corrected chi connectivity index (χ2v) is 9.70. The van der Waals surface area contributed by atoms with Gasteiger partial charge in [-0.1, -0.05) is 39.0 Å². The number of rotatable bonds is 11. The van der Waals surface area contributed by atoms with Gasteiger partial charge in [0.2, 0.25) is 5.78 Å². The molecule has 33 heavy (non-hydrogen) atoms. The predicted molar refractivity (Wildman–Crippen MR) is 128 cm³/mol. The van der Waals surface area contributed by atoms with E-state index in [1.54, 1.807) is 12.1 Å².